The SMILES string of the molecule is c1ccc(-c2cc(-c3cccc(-c4ccc5ccccc5c4)c3)nc(-c3ccc(-c4c5ccccc5cc5c4ccc4ccccc45)cc3)n2)cc1. The Morgan fingerprint density at radius 2 is 0.827 bits per heavy atom. The summed E-state index contributed by atoms with van der Waals surface area (Å²) in [6.45, 7) is 0. The average molecular weight is 661 g/mol. The number of hydrogen-bond acceptors (Lipinski definition) is 2. The van der Waals surface area contributed by atoms with E-state index in [4.69, 9.17) is 9.97 Å². The lowest BCUT2D eigenvalue weighted by molar-refractivity contribution is 1.18. The van der Waals surface area contributed by atoms with Crippen LogP contribution >= 0.6 is 0 Å². The molecule has 52 heavy (non-hydrogen) atoms. The van der Waals surface area contributed by atoms with Crippen LogP contribution in [0.15, 0.2) is 194 Å². The van der Waals surface area contributed by atoms with E-state index < -0.39 is 0 Å². The zero-order valence-corrected chi connectivity index (χ0v) is 28.4. The van der Waals surface area contributed by atoms with E-state index >= 15 is 0 Å². The molecule has 10 rings (SSSR count). The zero-order valence-electron chi connectivity index (χ0n) is 28.4. The third-order valence-corrected chi connectivity index (χ3v) is 10.2. The number of nitrogens with zero attached hydrogens (tertiary/aromatic N) is 2. The minimum Gasteiger partial charge on any atom is -0.228 e. The highest BCUT2D eigenvalue weighted by Crippen LogP contribution is 2.40. The molecule has 0 aliphatic carbocycles. The van der Waals surface area contributed by atoms with Crippen LogP contribution in [-0.2, 0) is 0 Å². The Morgan fingerprint density at radius 3 is 1.65 bits per heavy atom. The van der Waals surface area contributed by atoms with Gasteiger partial charge < -0.3 is 0 Å². The summed E-state index contributed by atoms with van der Waals surface area (Å²) < 4.78 is 0. The van der Waals surface area contributed by atoms with Crippen LogP contribution in [0.4, 0.5) is 0 Å². The van der Waals surface area contributed by atoms with Crippen molar-refractivity contribution in [3.05, 3.63) is 194 Å². The van der Waals surface area contributed by atoms with Crippen LogP contribution in [-0.4, -0.2) is 9.97 Å². The van der Waals surface area contributed by atoms with Crippen molar-refractivity contribution in [1.82, 2.24) is 9.97 Å². The number of rotatable bonds is 5. The first-order valence-electron chi connectivity index (χ1n) is 17.7. The maximum Gasteiger partial charge on any atom is 0.160 e. The topological polar surface area (TPSA) is 25.8 Å². The quantitative estimate of drug-likeness (QED) is 0.136. The van der Waals surface area contributed by atoms with Crippen molar-refractivity contribution < 1.29 is 0 Å². The Morgan fingerprint density at radius 1 is 0.250 bits per heavy atom. The van der Waals surface area contributed by atoms with Crippen LogP contribution in [0.25, 0.3) is 99.2 Å². The second-order valence-corrected chi connectivity index (χ2v) is 13.4. The van der Waals surface area contributed by atoms with E-state index in [9.17, 15) is 0 Å². The van der Waals surface area contributed by atoms with Crippen molar-refractivity contribution in [2.24, 2.45) is 0 Å². The number of fused-ring (bicyclic) bond motifs is 5. The van der Waals surface area contributed by atoms with Crippen molar-refractivity contribution >= 4 is 43.1 Å². The standard InChI is InChI=1S/C50H32N2/c1-2-13-35(14-3-1)47-32-48(42-18-10-17-39(30-42)40-26-21-33-11-4-5-15-38(33)29-40)52-50(51-47)37-24-22-36(23-25-37)49-44-20-9-7-16-41(44)31-46-43-19-8-6-12-34(43)27-28-45(46)49/h1-32H. The molecule has 0 unspecified atom stereocenters. The Balaban J connectivity index is 1.10. The van der Waals surface area contributed by atoms with Crippen LogP contribution in [0.5, 0.6) is 0 Å². The average Bonchev–Trinajstić information content (AvgIpc) is 3.23. The summed E-state index contributed by atoms with van der Waals surface area (Å²) in [5, 5.41) is 9.99. The first-order valence-corrected chi connectivity index (χ1v) is 17.7. The first-order chi connectivity index (χ1) is 25.7. The van der Waals surface area contributed by atoms with Crippen molar-refractivity contribution in [3.63, 3.8) is 0 Å². The molecule has 2 heteroatoms. The van der Waals surface area contributed by atoms with E-state index in [0.717, 1.165) is 33.6 Å². The summed E-state index contributed by atoms with van der Waals surface area (Å²) in [5.74, 6) is 0.702. The van der Waals surface area contributed by atoms with Crippen LogP contribution in [0.1, 0.15) is 0 Å². The summed E-state index contributed by atoms with van der Waals surface area (Å²) in [6.07, 6.45) is 0. The molecule has 0 radical (unpaired) electrons. The van der Waals surface area contributed by atoms with Crippen LogP contribution in [0, 0.1) is 0 Å². The second-order valence-electron chi connectivity index (χ2n) is 13.4. The Hall–Kier alpha value is -6.90. The molecule has 242 valence electrons. The number of benzene rings is 9. The summed E-state index contributed by atoms with van der Waals surface area (Å²) >= 11 is 0. The van der Waals surface area contributed by atoms with Gasteiger partial charge in [0.05, 0.1) is 11.4 Å². The molecule has 1 aromatic heterocycles. The van der Waals surface area contributed by atoms with Gasteiger partial charge in [-0.2, -0.15) is 0 Å². The van der Waals surface area contributed by atoms with Gasteiger partial charge in [0.1, 0.15) is 0 Å². The third-order valence-electron chi connectivity index (χ3n) is 10.2. The predicted octanol–water partition coefficient (Wildman–Crippen LogP) is 13.4. The normalized spacial score (nSPS) is 11.5. The van der Waals surface area contributed by atoms with Gasteiger partial charge in [-0.25, -0.2) is 9.97 Å². The predicted molar refractivity (Wildman–Crippen MR) is 219 cm³/mol. The fourth-order valence-corrected chi connectivity index (χ4v) is 7.63. The van der Waals surface area contributed by atoms with Gasteiger partial charge in [-0.15, -0.1) is 0 Å². The fraction of sp³-hybridized carbons (Fsp3) is 0. The Bertz CT molecular complexity index is 2940. The first kappa shape index (κ1) is 30.0. The van der Waals surface area contributed by atoms with E-state index in [1.165, 1.54) is 59.8 Å². The van der Waals surface area contributed by atoms with Gasteiger partial charge in [0.2, 0.25) is 0 Å². The van der Waals surface area contributed by atoms with Gasteiger partial charge >= 0.3 is 0 Å². The molecular weight excluding hydrogens is 629 g/mol. The summed E-state index contributed by atoms with van der Waals surface area (Å²) in [4.78, 5) is 10.3. The van der Waals surface area contributed by atoms with E-state index in [-0.39, 0.29) is 0 Å². The Labute approximate surface area is 302 Å². The lowest BCUT2D eigenvalue weighted by Crippen LogP contribution is -1.96. The molecule has 2 nitrogen and oxygen atoms in total. The van der Waals surface area contributed by atoms with E-state index in [1.807, 2.05) is 6.07 Å². The van der Waals surface area contributed by atoms with Gasteiger partial charge in [-0.1, -0.05) is 170 Å². The molecule has 1 heterocycles. The molecule has 0 spiro atoms. The molecule has 0 aliphatic rings. The van der Waals surface area contributed by atoms with Crippen molar-refractivity contribution in [3.8, 4) is 56.2 Å². The lowest BCUT2D eigenvalue weighted by Gasteiger charge is -2.15. The van der Waals surface area contributed by atoms with E-state index in [0.29, 0.717) is 5.82 Å². The van der Waals surface area contributed by atoms with Crippen LogP contribution in [0.3, 0.4) is 0 Å². The van der Waals surface area contributed by atoms with Crippen molar-refractivity contribution in [1.29, 1.82) is 0 Å². The minimum absolute atomic E-state index is 0.702. The number of aromatic nitrogens is 2. The molecule has 0 amide bonds. The molecule has 0 N–H and O–H groups in total. The van der Waals surface area contributed by atoms with E-state index in [1.54, 1.807) is 0 Å². The highest BCUT2D eigenvalue weighted by molar-refractivity contribution is 6.20. The molecule has 10 aromatic rings. The molecule has 0 atom stereocenters. The lowest BCUT2D eigenvalue weighted by atomic mass is 9.89. The molecule has 0 saturated carbocycles. The van der Waals surface area contributed by atoms with Gasteiger partial charge in [0.25, 0.3) is 0 Å². The Kier molecular flexibility index (Phi) is 7.18. The molecule has 9 aromatic carbocycles. The van der Waals surface area contributed by atoms with Gasteiger partial charge in [-0.05, 0) is 89.6 Å². The molecule has 0 aliphatic heterocycles. The molecule has 0 saturated heterocycles. The monoisotopic (exact) mass is 660 g/mol. The van der Waals surface area contributed by atoms with Crippen LogP contribution in [0.2, 0.25) is 0 Å². The number of hydrogen-bond donors (Lipinski definition) is 0. The second kappa shape index (κ2) is 12.5. The smallest absolute Gasteiger partial charge is 0.160 e. The fourth-order valence-electron chi connectivity index (χ4n) is 7.63. The van der Waals surface area contributed by atoms with Crippen molar-refractivity contribution in [2.75, 3.05) is 0 Å². The zero-order chi connectivity index (χ0) is 34.4. The maximum absolute atomic E-state index is 5.21. The van der Waals surface area contributed by atoms with Gasteiger partial charge in [0.15, 0.2) is 5.82 Å². The van der Waals surface area contributed by atoms with Crippen molar-refractivity contribution in [2.45, 2.75) is 0 Å². The molecule has 0 fully saturated rings. The van der Waals surface area contributed by atoms with Crippen LogP contribution < -0.4 is 0 Å². The van der Waals surface area contributed by atoms with Gasteiger partial charge in [0, 0.05) is 16.7 Å². The summed E-state index contributed by atoms with van der Waals surface area (Å²) in [7, 11) is 0. The summed E-state index contributed by atoms with van der Waals surface area (Å²) in [5.41, 5.74) is 9.63. The summed E-state index contributed by atoms with van der Waals surface area (Å²) in [6, 6.07) is 69.3. The highest BCUT2D eigenvalue weighted by atomic mass is 14.9. The molecular formula is C50H32N2. The maximum atomic E-state index is 5.21. The molecule has 0 bridgehead atoms. The van der Waals surface area contributed by atoms with E-state index in [2.05, 4.69) is 188 Å². The highest BCUT2D eigenvalue weighted by Gasteiger charge is 2.15. The minimum atomic E-state index is 0.702. The largest absolute Gasteiger partial charge is 0.228 e. The van der Waals surface area contributed by atoms with Gasteiger partial charge in [-0.3, -0.25) is 0 Å². The third kappa shape index (κ3) is 5.30.